The number of carbonyl (C=O) groups excluding carboxylic acids is 1. The molecule has 146 valence electrons. The topological polar surface area (TPSA) is 58.1 Å². The second kappa shape index (κ2) is 9.57. The van der Waals surface area contributed by atoms with E-state index in [0.717, 1.165) is 23.5 Å². The number of hydrogen-bond acceptors (Lipinski definition) is 5. The van der Waals surface area contributed by atoms with E-state index in [1.807, 2.05) is 38.2 Å². The van der Waals surface area contributed by atoms with E-state index in [2.05, 4.69) is 51.6 Å². The van der Waals surface area contributed by atoms with E-state index in [0.29, 0.717) is 18.1 Å². The van der Waals surface area contributed by atoms with E-state index in [1.54, 1.807) is 0 Å². The highest BCUT2D eigenvalue weighted by atomic mass is 32.1. The first-order valence-corrected chi connectivity index (χ1v) is 10.3. The van der Waals surface area contributed by atoms with Crippen LogP contribution in [-0.4, -0.2) is 28.1 Å². The fourth-order valence-electron chi connectivity index (χ4n) is 2.85. The normalized spacial score (nSPS) is 11.0. The molecule has 0 fully saturated rings. The Morgan fingerprint density at radius 1 is 0.964 bits per heavy atom. The Kier molecular flexibility index (Phi) is 6.90. The van der Waals surface area contributed by atoms with Crippen LogP contribution < -0.4 is 5.32 Å². The molecule has 0 unspecified atom stereocenters. The standard InChI is InChI=1S/C22H26N4OS/c1-4-17-9-11-19(12-10-17)14-26(3)15-20-24-25-22(28-20)21(27)23-13-18-7-5-16(2)6-8-18/h5-12H,4,13-15H2,1-3H3,(H,23,27). The number of aryl methyl sites for hydroxylation is 2. The first-order chi connectivity index (χ1) is 13.5. The molecule has 1 aromatic heterocycles. The molecule has 0 saturated heterocycles. The van der Waals surface area contributed by atoms with Gasteiger partial charge in [-0.1, -0.05) is 72.4 Å². The zero-order valence-corrected chi connectivity index (χ0v) is 17.4. The Hall–Kier alpha value is -2.57. The van der Waals surface area contributed by atoms with Crippen molar-refractivity contribution in [2.75, 3.05) is 7.05 Å². The van der Waals surface area contributed by atoms with Crippen LogP contribution in [0.15, 0.2) is 48.5 Å². The van der Waals surface area contributed by atoms with Crippen molar-refractivity contribution in [1.29, 1.82) is 0 Å². The van der Waals surface area contributed by atoms with Gasteiger partial charge >= 0.3 is 0 Å². The lowest BCUT2D eigenvalue weighted by molar-refractivity contribution is 0.0950. The van der Waals surface area contributed by atoms with Gasteiger partial charge in [-0.05, 0) is 37.1 Å². The Bertz CT molecular complexity index is 903. The Balaban J connectivity index is 1.50. The summed E-state index contributed by atoms with van der Waals surface area (Å²) in [7, 11) is 2.05. The molecule has 0 aliphatic carbocycles. The zero-order valence-electron chi connectivity index (χ0n) is 16.6. The van der Waals surface area contributed by atoms with E-state index in [1.165, 1.54) is 28.0 Å². The van der Waals surface area contributed by atoms with Crippen molar-refractivity contribution in [3.8, 4) is 0 Å². The number of amides is 1. The predicted octanol–water partition coefficient (Wildman–Crippen LogP) is 3.97. The summed E-state index contributed by atoms with van der Waals surface area (Å²) in [6, 6.07) is 16.8. The number of nitrogens with zero attached hydrogens (tertiary/aromatic N) is 3. The second-order valence-corrected chi connectivity index (χ2v) is 8.07. The third-order valence-electron chi connectivity index (χ3n) is 4.52. The lowest BCUT2D eigenvalue weighted by Gasteiger charge is -2.14. The van der Waals surface area contributed by atoms with E-state index in [4.69, 9.17) is 0 Å². The summed E-state index contributed by atoms with van der Waals surface area (Å²) in [5, 5.41) is 12.4. The maximum atomic E-state index is 12.3. The second-order valence-electron chi connectivity index (χ2n) is 7.01. The van der Waals surface area contributed by atoms with Crippen molar-refractivity contribution in [3.05, 3.63) is 80.8 Å². The fourth-order valence-corrected chi connectivity index (χ4v) is 3.69. The van der Waals surface area contributed by atoms with Crippen LogP contribution >= 0.6 is 11.3 Å². The Morgan fingerprint density at radius 3 is 2.29 bits per heavy atom. The molecule has 0 atom stereocenters. The summed E-state index contributed by atoms with van der Waals surface area (Å²) in [5.41, 5.74) is 4.88. The Morgan fingerprint density at radius 2 is 1.61 bits per heavy atom. The zero-order chi connectivity index (χ0) is 19.9. The van der Waals surface area contributed by atoms with Gasteiger partial charge in [-0.3, -0.25) is 9.69 Å². The SMILES string of the molecule is CCc1ccc(CN(C)Cc2nnc(C(=O)NCc3ccc(C)cc3)s2)cc1. The van der Waals surface area contributed by atoms with Crippen molar-refractivity contribution in [2.45, 2.75) is 39.9 Å². The number of benzene rings is 2. The molecule has 0 radical (unpaired) electrons. The van der Waals surface area contributed by atoms with Gasteiger partial charge < -0.3 is 5.32 Å². The summed E-state index contributed by atoms with van der Waals surface area (Å²) in [4.78, 5) is 14.5. The highest BCUT2D eigenvalue weighted by molar-refractivity contribution is 7.13. The molecular weight excluding hydrogens is 368 g/mol. The summed E-state index contributed by atoms with van der Waals surface area (Å²) < 4.78 is 0. The average molecular weight is 395 g/mol. The van der Waals surface area contributed by atoms with Crippen LogP contribution in [0.4, 0.5) is 0 Å². The van der Waals surface area contributed by atoms with Gasteiger partial charge in [-0.2, -0.15) is 0 Å². The molecule has 0 spiro atoms. The molecule has 0 saturated carbocycles. The Labute approximate surface area is 170 Å². The molecule has 0 aliphatic heterocycles. The quantitative estimate of drug-likeness (QED) is 0.628. The van der Waals surface area contributed by atoms with E-state index in [9.17, 15) is 4.79 Å². The maximum Gasteiger partial charge on any atom is 0.282 e. The first-order valence-electron chi connectivity index (χ1n) is 9.46. The van der Waals surface area contributed by atoms with Crippen LogP contribution in [0.1, 0.15) is 44.0 Å². The highest BCUT2D eigenvalue weighted by Gasteiger charge is 2.14. The summed E-state index contributed by atoms with van der Waals surface area (Å²) in [6.45, 7) is 6.19. The van der Waals surface area contributed by atoms with E-state index in [-0.39, 0.29) is 5.91 Å². The number of nitrogens with one attached hydrogen (secondary N) is 1. The molecule has 3 rings (SSSR count). The minimum Gasteiger partial charge on any atom is -0.346 e. The third-order valence-corrected chi connectivity index (χ3v) is 5.43. The van der Waals surface area contributed by atoms with Gasteiger partial charge in [0.15, 0.2) is 0 Å². The van der Waals surface area contributed by atoms with Crippen LogP contribution in [0.2, 0.25) is 0 Å². The number of rotatable bonds is 8. The van der Waals surface area contributed by atoms with Crippen LogP contribution in [0.5, 0.6) is 0 Å². The van der Waals surface area contributed by atoms with Gasteiger partial charge in [-0.15, -0.1) is 10.2 Å². The number of aromatic nitrogens is 2. The van der Waals surface area contributed by atoms with Gasteiger partial charge in [0.25, 0.3) is 5.91 Å². The number of hydrogen-bond donors (Lipinski definition) is 1. The van der Waals surface area contributed by atoms with Crippen LogP contribution in [0, 0.1) is 6.92 Å². The van der Waals surface area contributed by atoms with Crippen molar-refractivity contribution < 1.29 is 4.79 Å². The van der Waals surface area contributed by atoms with Crippen molar-refractivity contribution in [3.63, 3.8) is 0 Å². The smallest absolute Gasteiger partial charge is 0.282 e. The predicted molar refractivity (Wildman–Crippen MR) is 113 cm³/mol. The minimum absolute atomic E-state index is 0.179. The molecular formula is C22H26N4OS. The van der Waals surface area contributed by atoms with Gasteiger partial charge in [0, 0.05) is 13.1 Å². The van der Waals surface area contributed by atoms with E-state index >= 15 is 0 Å². The molecule has 5 nitrogen and oxygen atoms in total. The average Bonchev–Trinajstić information content (AvgIpc) is 3.16. The first kappa shape index (κ1) is 20.2. The minimum atomic E-state index is -0.179. The molecule has 0 aliphatic rings. The summed E-state index contributed by atoms with van der Waals surface area (Å²) >= 11 is 1.35. The molecule has 28 heavy (non-hydrogen) atoms. The molecule has 0 bridgehead atoms. The van der Waals surface area contributed by atoms with E-state index < -0.39 is 0 Å². The van der Waals surface area contributed by atoms with Gasteiger partial charge in [0.1, 0.15) is 5.01 Å². The summed E-state index contributed by atoms with van der Waals surface area (Å²) in [6.07, 6.45) is 1.05. The monoisotopic (exact) mass is 394 g/mol. The molecule has 2 aromatic carbocycles. The van der Waals surface area contributed by atoms with Gasteiger partial charge in [0.2, 0.25) is 5.01 Å². The molecule has 6 heteroatoms. The molecule has 1 N–H and O–H groups in total. The molecule has 1 heterocycles. The van der Waals surface area contributed by atoms with Crippen molar-refractivity contribution in [2.24, 2.45) is 0 Å². The molecule has 1 amide bonds. The van der Waals surface area contributed by atoms with Crippen molar-refractivity contribution in [1.82, 2.24) is 20.4 Å². The van der Waals surface area contributed by atoms with Crippen molar-refractivity contribution >= 4 is 17.2 Å². The molecule has 3 aromatic rings. The third kappa shape index (κ3) is 5.71. The summed E-state index contributed by atoms with van der Waals surface area (Å²) in [5.74, 6) is -0.179. The highest BCUT2D eigenvalue weighted by Crippen LogP contribution is 2.14. The number of carbonyl (C=O) groups is 1. The lowest BCUT2D eigenvalue weighted by Crippen LogP contribution is -2.22. The largest absolute Gasteiger partial charge is 0.346 e. The van der Waals surface area contributed by atoms with Gasteiger partial charge in [-0.25, -0.2) is 0 Å². The van der Waals surface area contributed by atoms with Crippen LogP contribution in [0.3, 0.4) is 0 Å². The van der Waals surface area contributed by atoms with Gasteiger partial charge in [0.05, 0.1) is 6.54 Å². The fraction of sp³-hybridized carbons (Fsp3) is 0.318. The van der Waals surface area contributed by atoms with Crippen LogP contribution in [0.25, 0.3) is 0 Å². The van der Waals surface area contributed by atoms with Crippen LogP contribution in [-0.2, 0) is 26.1 Å². The maximum absolute atomic E-state index is 12.3. The lowest BCUT2D eigenvalue weighted by atomic mass is 10.1.